The lowest BCUT2D eigenvalue weighted by molar-refractivity contribution is 0.1000. The third-order valence-corrected chi connectivity index (χ3v) is 2.29. The molecule has 0 aliphatic heterocycles. The number of aryl methyl sites for hydroxylation is 2. The van der Waals surface area contributed by atoms with Crippen molar-refractivity contribution in [2.45, 2.75) is 13.8 Å². The van der Waals surface area contributed by atoms with Gasteiger partial charge < -0.3 is 15.1 Å². The molecule has 3 N–H and O–H groups in total. The zero-order chi connectivity index (χ0) is 11.0. The summed E-state index contributed by atoms with van der Waals surface area (Å²) in [7, 11) is 0. The van der Waals surface area contributed by atoms with E-state index in [4.69, 9.17) is 10.2 Å². The van der Waals surface area contributed by atoms with Crippen LogP contribution >= 0.6 is 0 Å². The molecule has 2 aromatic heterocycles. The molecule has 0 atom stereocenters. The molecule has 2 aromatic rings. The molecule has 4 heteroatoms. The van der Waals surface area contributed by atoms with Crippen LogP contribution in [0.3, 0.4) is 0 Å². The highest BCUT2D eigenvalue weighted by Gasteiger charge is 2.12. The number of primary amides is 1. The highest BCUT2D eigenvalue weighted by molar-refractivity contribution is 5.95. The number of H-pyrrole nitrogens is 1. The van der Waals surface area contributed by atoms with Crippen LogP contribution in [0.25, 0.3) is 11.5 Å². The summed E-state index contributed by atoms with van der Waals surface area (Å²) in [6.45, 7) is 3.67. The Morgan fingerprint density at radius 1 is 1.40 bits per heavy atom. The number of nitrogens with two attached hydrogens (primary N) is 1. The first-order valence-corrected chi connectivity index (χ1v) is 4.64. The Hall–Kier alpha value is -1.97. The molecule has 0 saturated carbocycles. The predicted octanol–water partition coefficient (Wildman–Crippen LogP) is 1.99. The van der Waals surface area contributed by atoms with E-state index in [9.17, 15) is 4.79 Å². The van der Waals surface area contributed by atoms with Gasteiger partial charge in [0, 0.05) is 5.69 Å². The molecule has 0 aromatic carbocycles. The zero-order valence-electron chi connectivity index (χ0n) is 8.63. The van der Waals surface area contributed by atoms with Gasteiger partial charge >= 0.3 is 0 Å². The Balaban J connectivity index is 2.46. The molecule has 0 unspecified atom stereocenters. The number of aromatic nitrogens is 1. The summed E-state index contributed by atoms with van der Waals surface area (Å²) in [5, 5.41) is 0. The van der Waals surface area contributed by atoms with Gasteiger partial charge in [0.05, 0.1) is 11.3 Å². The predicted molar refractivity (Wildman–Crippen MR) is 56.5 cm³/mol. The van der Waals surface area contributed by atoms with Crippen molar-refractivity contribution in [3.8, 4) is 11.5 Å². The summed E-state index contributed by atoms with van der Waals surface area (Å²) in [5.41, 5.74) is 7.25. The van der Waals surface area contributed by atoms with Gasteiger partial charge in [-0.1, -0.05) is 0 Å². The maximum absolute atomic E-state index is 11.0. The minimum absolute atomic E-state index is 0.432. The summed E-state index contributed by atoms with van der Waals surface area (Å²) in [5.74, 6) is 1.11. The van der Waals surface area contributed by atoms with E-state index in [0.717, 1.165) is 17.1 Å². The van der Waals surface area contributed by atoms with Crippen molar-refractivity contribution in [2.24, 2.45) is 5.73 Å². The SMILES string of the molecule is Cc1ccc(-c2cc(C(N)=O)c(C)[nH]2)o1. The van der Waals surface area contributed by atoms with Crippen LogP contribution in [-0.4, -0.2) is 10.9 Å². The molecule has 2 heterocycles. The quantitative estimate of drug-likeness (QED) is 0.785. The van der Waals surface area contributed by atoms with Gasteiger partial charge in [-0.25, -0.2) is 0 Å². The van der Waals surface area contributed by atoms with Crippen molar-refractivity contribution in [3.63, 3.8) is 0 Å². The zero-order valence-corrected chi connectivity index (χ0v) is 8.63. The van der Waals surface area contributed by atoms with Crippen molar-refractivity contribution < 1.29 is 9.21 Å². The van der Waals surface area contributed by atoms with E-state index in [0.29, 0.717) is 11.3 Å². The van der Waals surface area contributed by atoms with Crippen LogP contribution in [-0.2, 0) is 0 Å². The molecule has 0 aliphatic rings. The molecule has 78 valence electrons. The van der Waals surface area contributed by atoms with Gasteiger partial charge in [0.25, 0.3) is 5.91 Å². The lowest BCUT2D eigenvalue weighted by Crippen LogP contribution is -2.10. The maximum atomic E-state index is 11.0. The molecule has 4 nitrogen and oxygen atoms in total. The van der Waals surface area contributed by atoms with E-state index in [1.54, 1.807) is 13.0 Å². The third-order valence-electron chi connectivity index (χ3n) is 2.29. The molecular weight excluding hydrogens is 192 g/mol. The topological polar surface area (TPSA) is 72.0 Å². The smallest absolute Gasteiger partial charge is 0.250 e. The Labute approximate surface area is 87.1 Å². The fraction of sp³-hybridized carbons (Fsp3) is 0.182. The van der Waals surface area contributed by atoms with Gasteiger partial charge in [-0.15, -0.1) is 0 Å². The van der Waals surface area contributed by atoms with Crippen LogP contribution in [0.1, 0.15) is 21.8 Å². The van der Waals surface area contributed by atoms with Crippen molar-refractivity contribution in [1.29, 1.82) is 0 Å². The maximum Gasteiger partial charge on any atom is 0.250 e. The Bertz CT molecular complexity index is 508. The van der Waals surface area contributed by atoms with Gasteiger partial charge in [0.15, 0.2) is 0 Å². The number of rotatable bonds is 2. The molecule has 0 bridgehead atoms. The van der Waals surface area contributed by atoms with Gasteiger partial charge in [0.2, 0.25) is 0 Å². The van der Waals surface area contributed by atoms with Crippen molar-refractivity contribution in [1.82, 2.24) is 4.98 Å². The van der Waals surface area contributed by atoms with Crippen LogP contribution < -0.4 is 5.73 Å². The molecule has 1 amide bonds. The fourth-order valence-electron chi connectivity index (χ4n) is 1.53. The third kappa shape index (κ3) is 1.66. The summed E-state index contributed by atoms with van der Waals surface area (Å²) in [6, 6.07) is 5.43. The molecular formula is C11H12N2O2. The summed E-state index contributed by atoms with van der Waals surface area (Å²) >= 11 is 0. The number of furan rings is 1. The van der Waals surface area contributed by atoms with E-state index in [-0.39, 0.29) is 0 Å². The van der Waals surface area contributed by atoms with Crippen molar-refractivity contribution >= 4 is 5.91 Å². The van der Waals surface area contributed by atoms with E-state index in [1.807, 2.05) is 19.1 Å². The minimum Gasteiger partial charge on any atom is -0.460 e. The first-order valence-electron chi connectivity index (χ1n) is 4.64. The van der Waals surface area contributed by atoms with Crippen molar-refractivity contribution in [2.75, 3.05) is 0 Å². The fourth-order valence-corrected chi connectivity index (χ4v) is 1.53. The molecule has 0 fully saturated rings. The molecule has 2 rings (SSSR count). The van der Waals surface area contributed by atoms with Gasteiger partial charge in [-0.05, 0) is 32.0 Å². The number of hydrogen-bond acceptors (Lipinski definition) is 2. The normalized spacial score (nSPS) is 10.5. The average molecular weight is 204 g/mol. The van der Waals surface area contributed by atoms with Crippen LogP contribution in [0.15, 0.2) is 22.6 Å². The first-order chi connectivity index (χ1) is 7.08. The van der Waals surface area contributed by atoms with E-state index in [1.165, 1.54) is 0 Å². The average Bonchev–Trinajstić information content (AvgIpc) is 2.71. The number of hydrogen-bond donors (Lipinski definition) is 2. The van der Waals surface area contributed by atoms with Gasteiger partial charge in [-0.3, -0.25) is 4.79 Å². The Morgan fingerprint density at radius 3 is 2.60 bits per heavy atom. The second-order valence-electron chi connectivity index (χ2n) is 3.50. The number of nitrogens with one attached hydrogen (secondary N) is 1. The van der Waals surface area contributed by atoms with Crippen LogP contribution in [0.5, 0.6) is 0 Å². The Morgan fingerprint density at radius 2 is 2.13 bits per heavy atom. The van der Waals surface area contributed by atoms with Crippen LogP contribution in [0.4, 0.5) is 0 Å². The summed E-state index contributed by atoms with van der Waals surface area (Å²) in [4.78, 5) is 14.1. The minimum atomic E-state index is -0.432. The lowest BCUT2D eigenvalue weighted by Gasteiger charge is -1.89. The molecule has 0 saturated heterocycles. The Kier molecular flexibility index (Phi) is 2.11. The number of aromatic amines is 1. The first kappa shape index (κ1) is 9.58. The number of amides is 1. The highest BCUT2D eigenvalue weighted by Crippen LogP contribution is 2.23. The monoisotopic (exact) mass is 204 g/mol. The standard InChI is InChI=1S/C11H12N2O2/c1-6-3-4-10(15-6)9-5-8(11(12)14)7(2)13-9/h3-5,13H,1-2H3,(H2,12,14). The molecule has 0 spiro atoms. The second-order valence-corrected chi connectivity index (χ2v) is 3.50. The van der Waals surface area contributed by atoms with Crippen molar-refractivity contribution in [3.05, 3.63) is 35.2 Å². The lowest BCUT2D eigenvalue weighted by atomic mass is 10.2. The van der Waals surface area contributed by atoms with Crippen LogP contribution in [0.2, 0.25) is 0 Å². The summed E-state index contributed by atoms with van der Waals surface area (Å²) < 4.78 is 5.43. The largest absolute Gasteiger partial charge is 0.460 e. The number of carbonyl (C=O) groups excluding carboxylic acids is 1. The van der Waals surface area contributed by atoms with E-state index >= 15 is 0 Å². The second kappa shape index (κ2) is 3.31. The van der Waals surface area contributed by atoms with E-state index in [2.05, 4.69) is 4.98 Å². The molecule has 0 radical (unpaired) electrons. The number of carbonyl (C=O) groups is 1. The highest BCUT2D eigenvalue weighted by atomic mass is 16.3. The molecule has 15 heavy (non-hydrogen) atoms. The van der Waals surface area contributed by atoms with Gasteiger partial charge in [-0.2, -0.15) is 0 Å². The van der Waals surface area contributed by atoms with Crippen LogP contribution in [0, 0.1) is 13.8 Å². The van der Waals surface area contributed by atoms with E-state index < -0.39 is 5.91 Å². The molecule has 0 aliphatic carbocycles. The van der Waals surface area contributed by atoms with Gasteiger partial charge in [0.1, 0.15) is 11.5 Å². The summed E-state index contributed by atoms with van der Waals surface area (Å²) in [6.07, 6.45) is 0.